The van der Waals surface area contributed by atoms with Gasteiger partial charge < -0.3 is 5.73 Å². The fourth-order valence-corrected chi connectivity index (χ4v) is 3.22. The van der Waals surface area contributed by atoms with Crippen LogP contribution in [0.5, 0.6) is 0 Å². The summed E-state index contributed by atoms with van der Waals surface area (Å²) < 4.78 is 1.21. The number of halogens is 1. The fourth-order valence-electron chi connectivity index (χ4n) is 1.52. The molecule has 1 nitrogen and oxygen atoms in total. The van der Waals surface area contributed by atoms with Gasteiger partial charge in [-0.3, -0.25) is 0 Å². The molecule has 0 unspecified atom stereocenters. The minimum atomic E-state index is 0.718. The second-order valence-electron chi connectivity index (χ2n) is 3.86. The molecule has 0 saturated carbocycles. The Labute approximate surface area is 111 Å². The van der Waals surface area contributed by atoms with Crippen molar-refractivity contribution in [1.82, 2.24) is 0 Å². The van der Waals surface area contributed by atoms with Gasteiger partial charge in [0.25, 0.3) is 0 Å². The Kier molecular flexibility index (Phi) is 7.17. The summed E-state index contributed by atoms with van der Waals surface area (Å²) in [7, 11) is 0. The summed E-state index contributed by atoms with van der Waals surface area (Å²) in [4.78, 5) is 1.34. The van der Waals surface area contributed by atoms with Crippen LogP contribution < -0.4 is 5.73 Å². The van der Waals surface area contributed by atoms with Crippen LogP contribution in [0.2, 0.25) is 0 Å². The first-order chi connectivity index (χ1) is 7.77. The van der Waals surface area contributed by atoms with Crippen molar-refractivity contribution in [2.24, 2.45) is 5.73 Å². The lowest BCUT2D eigenvalue weighted by Gasteiger charge is -2.06. The SMILES string of the molecule is CCCCCSc1ccc(CCN)cc1Br. The molecule has 0 spiro atoms. The molecule has 16 heavy (non-hydrogen) atoms. The van der Waals surface area contributed by atoms with Crippen LogP contribution in [0.15, 0.2) is 27.6 Å². The van der Waals surface area contributed by atoms with E-state index >= 15 is 0 Å². The molecule has 1 aromatic carbocycles. The van der Waals surface area contributed by atoms with Crippen molar-refractivity contribution in [3.8, 4) is 0 Å². The van der Waals surface area contributed by atoms with E-state index in [1.807, 2.05) is 11.8 Å². The molecule has 0 saturated heterocycles. The summed E-state index contributed by atoms with van der Waals surface area (Å²) in [6, 6.07) is 6.57. The van der Waals surface area contributed by atoms with E-state index in [2.05, 4.69) is 41.1 Å². The van der Waals surface area contributed by atoms with Crippen LogP contribution in [0.25, 0.3) is 0 Å². The monoisotopic (exact) mass is 301 g/mol. The standard InChI is InChI=1S/C13H20BrNS/c1-2-3-4-9-16-13-6-5-11(7-8-15)10-12(13)14/h5-6,10H,2-4,7-9,15H2,1H3. The molecule has 0 aliphatic rings. The molecule has 3 heteroatoms. The molecule has 0 aliphatic carbocycles. The van der Waals surface area contributed by atoms with Gasteiger partial charge in [0.2, 0.25) is 0 Å². The zero-order valence-corrected chi connectivity index (χ0v) is 12.2. The van der Waals surface area contributed by atoms with Gasteiger partial charge in [-0.15, -0.1) is 11.8 Å². The van der Waals surface area contributed by atoms with E-state index in [1.165, 1.54) is 39.9 Å². The maximum atomic E-state index is 5.54. The Morgan fingerprint density at radius 2 is 2.12 bits per heavy atom. The number of rotatable bonds is 7. The number of hydrogen-bond acceptors (Lipinski definition) is 2. The van der Waals surface area contributed by atoms with Crippen molar-refractivity contribution in [2.45, 2.75) is 37.5 Å². The van der Waals surface area contributed by atoms with E-state index in [9.17, 15) is 0 Å². The second-order valence-corrected chi connectivity index (χ2v) is 5.85. The third kappa shape index (κ3) is 4.89. The fraction of sp³-hybridized carbons (Fsp3) is 0.538. The van der Waals surface area contributed by atoms with Gasteiger partial charge in [0.05, 0.1) is 0 Å². The number of benzene rings is 1. The van der Waals surface area contributed by atoms with Crippen LogP contribution in [0, 0.1) is 0 Å². The number of unbranched alkanes of at least 4 members (excludes halogenated alkanes) is 2. The zero-order valence-electron chi connectivity index (χ0n) is 9.84. The zero-order chi connectivity index (χ0) is 11.8. The van der Waals surface area contributed by atoms with E-state index in [-0.39, 0.29) is 0 Å². The van der Waals surface area contributed by atoms with Gasteiger partial charge in [-0.25, -0.2) is 0 Å². The predicted molar refractivity (Wildman–Crippen MR) is 77.1 cm³/mol. The first-order valence-corrected chi connectivity index (χ1v) is 7.67. The number of nitrogens with two attached hydrogens (primary N) is 1. The van der Waals surface area contributed by atoms with Gasteiger partial charge in [-0.2, -0.15) is 0 Å². The highest BCUT2D eigenvalue weighted by atomic mass is 79.9. The van der Waals surface area contributed by atoms with Crippen LogP contribution in [-0.4, -0.2) is 12.3 Å². The van der Waals surface area contributed by atoms with Crippen LogP contribution in [0.4, 0.5) is 0 Å². The van der Waals surface area contributed by atoms with Crippen molar-refractivity contribution < 1.29 is 0 Å². The lowest BCUT2D eigenvalue weighted by molar-refractivity contribution is 0.778. The normalized spacial score (nSPS) is 10.7. The summed E-state index contributed by atoms with van der Waals surface area (Å²) in [5.74, 6) is 1.21. The third-order valence-corrected chi connectivity index (χ3v) is 4.51. The molecule has 1 aromatic rings. The Morgan fingerprint density at radius 3 is 2.75 bits per heavy atom. The summed E-state index contributed by atoms with van der Waals surface area (Å²) in [5, 5.41) is 0. The van der Waals surface area contributed by atoms with Gasteiger partial charge in [0, 0.05) is 9.37 Å². The first-order valence-electron chi connectivity index (χ1n) is 5.89. The predicted octanol–water partition coefficient (Wildman–Crippen LogP) is 4.23. The van der Waals surface area contributed by atoms with Crippen molar-refractivity contribution >= 4 is 27.7 Å². The highest BCUT2D eigenvalue weighted by Gasteiger charge is 2.01. The second kappa shape index (κ2) is 8.15. The minimum Gasteiger partial charge on any atom is -0.330 e. The molecule has 0 heterocycles. The molecule has 0 radical (unpaired) electrons. The average Bonchev–Trinajstić information content (AvgIpc) is 2.27. The summed E-state index contributed by atoms with van der Waals surface area (Å²) in [5.41, 5.74) is 6.85. The average molecular weight is 302 g/mol. The molecule has 90 valence electrons. The van der Waals surface area contributed by atoms with Crippen LogP contribution >= 0.6 is 27.7 Å². The molecule has 1 rings (SSSR count). The maximum Gasteiger partial charge on any atom is 0.0313 e. The Bertz CT molecular complexity index is 315. The third-order valence-electron chi connectivity index (χ3n) is 2.43. The quantitative estimate of drug-likeness (QED) is 0.602. The molecule has 0 amide bonds. The molecular formula is C13H20BrNS. The molecular weight excluding hydrogens is 282 g/mol. The van der Waals surface area contributed by atoms with E-state index in [0.717, 1.165) is 13.0 Å². The van der Waals surface area contributed by atoms with Gasteiger partial charge in [-0.1, -0.05) is 25.8 Å². The Morgan fingerprint density at radius 1 is 1.31 bits per heavy atom. The lowest BCUT2D eigenvalue weighted by Crippen LogP contribution is -2.02. The molecule has 0 aliphatic heterocycles. The Balaban J connectivity index is 2.47. The minimum absolute atomic E-state index is 0.718. The maximum absolute atomic E-state index is 5.54. The van der Waals surface area contributed by atoms with Crippen LogP contribution in [-0.2, 0) is 6.42 Å². The van der Waals surface area contributed by atoms with Crippen LogP contribution in [0.1, 0.15) is 31.7 Å². The largest absolute Gasteiger partial charge is 0.330 e. The number of hydrogen-bond donors (Lipinski definition) is 1. The van der Waals surface area contributed by atoms with Crippen molar-refractivity contribution in [1.29, 1.82) is 0 Å². The summed E-state index contributed by atoms with van der Waals surface area (Å²) >= 11 is 5.56. The molecule has 2 N–H and O–H groups in total. The smallest absolute Gasteiger partial charge is 0.0313 e. The van der Waals surface area contributed by atoms with Gasteiger partial charge in [0.1, 0.15) is 0 Å². The van der Waals surface area contributed by atoms with Gasteiger partial charge in [0.15, 0.2) is 0 Å². The topological polar surface area (TPSA) is 26.0 Å². The highest BCUT2D eigenvalue weighted by Crippen LogP contribution is 2.29. The van der Waals surface area contributed by atoms with Crippen molar-refractivity contribution in [3.05, 3.63) is 28.2 Å². The van der Waals surface area contributed by atoms with E-state index in [4.69, 9.17) is 5.73 Å². The van der Waals surface area contributed by atoms with Gasteiger partial charge in [-0.05, 0) is 58.8 Å². The first kappa shape index (κ1) is 14.1. The molecule has 0 aromatic heterocycles. The van der Waals surface area contributed by atoms with E-state index < -0.39 is 0 Å². The van der Waals surface area contributed by atoms with E-state index in [1.54, 1.807) is 0 Å². The van der Waals surface area contributed by atoms with Crippen molar-refractivity contribution in [2.75, 3.05) is 12.3 Å². The van der Waals surface area contributed by atoms with Crippen LogP contribution in [0.3, 0.4) is 0 Å². The van der Waals surface area contributed by atoms with Gasteiger partial charge >= 0.3 is 0 Å². The molecule has 0 fully saturated rings. The molecule has 0 bridgehead atoms. The summed E-state index contributed by atoms with van der Waals surface area (Å²) in [6.07, 6.45) is 4.88. The van der Waals surface area contributed by atoms with E-state index in [0.29, 0.717) is 0 Å². The highest BCUT2D eigenvalue weighted by molar-refractivity contribution is 9.10. The lowest BCUT2D eigenvalue weighted by atomic mass is 10.2. The van der Waals surface area contributed by atoms with Crippen molar-refractivity contribution in [3.63, 3.8) is 0 Å². The Hall–Kier alpha value is 0.01000. The number of thioether (sulfide) groups is 1. The summed E-state index contributed by atoms with van der Waals surface area (Å²) in [6.45, 7) is 2.96. The molecule has 0 atom stereocenters.